The highest BCUT2D eigenvalue weighted by atomic mass is 16.5. The van der Waals surface area contributed by atoms with E-state index in [0.717, 1.165) is 56.6 Å². The minimum Gasteiger partial charge on any atom is -0.480 e. The van der Waals surface area contributed by atoms with Crippen molar-refractivity contribution < 1.29 is 24.2 Å². The van der Waals surface area contributed by atoms with Crippen LogP contribution in [-0.4, -0.2) is 63.6 Å². The molecule has 11 heteroatoms. The molecule has 3 heterocycles. The summed E-state index contributed by atoms with van der Waals surface area (Å²) in [6.07, 6.45) is 8.78. The van der Waals surface area contributed by atoms with Crippen molar-refractivity contribution >= 4 is 23.8 Å². The smallest absolute Gasteiger partial charge is 0.407 e. The topological polar surface area (TPSA) is 147 Å². The summed E-state index contributed by atoms with van der Waals surface area (Å²) in [7, 11) is 0. The lowest BCUT2D eigenvalue weighted by atomic mass is 10.1. The molecule has 0 saturated heterocycles. The van der Waals surface area contributed by atoms with E-state index in [1.54, 1.807) is 10.9 Å². The first kappa shape index (κ1) is 26.0. The third-order valence-electron chi connectivity index (χ3n) is 5.73. The minimum absolute atomic E-state index is 0.223. The number of carbonyl (C=O) groups is 3. The Labute approximate surface area is 204 Å². The van der Waals surface area contributed by atoms with Crippen LogP contribution < -0.4 is 16.0 Å². The summed E-state index contributed by atoms with van der Waals surface area (Å²) in [5.41, 5.74) is 2.47. The van der Waals surface area contributed by atoms with Crippen LogP contribution in [0, 0.1) is 0 Å². The van der Waals surface area contributed by atoms with Gasteiger partial charge in [0.1, 0.15) is 11.9 Å². The number of hydrogen-bond donors (Lipinski definition) is 4. The highest BCUT2D eigenvalue weighted by Gasteiger charge is 2.22. The summed E-state index contributed by atoms with van der Waals surface area (Å²) < 4.78 is 6.65. The lowest BCUT2D eigenvalue weighted by molar-refractivity contribution is -0.139. The van der Waals surface area contributed by atoms with Crippen molar-refractivity contribution in [1.29, 1.82) is 0 Å². The number of anilines is 1. The van der Waals surface area contributed by atoms with E-state index in [4.69, 9.17) is 4.74 Å². The number of rotatable bonds is 13. The number of pyridine rings is 1. The summed E-state index contributed by atoms with van der Waals surface area (Å²) in [6, 6.07) is 2.81. The molecule has 35 heavy (non-hydrogen) atoms. The molecule has 2 aromatic rings. The number of aryl methyl sites for hydroxylation is 3. The van der Waals surface area contributed by atoms with Crippen molar-refractivity contribution in [2.75, 3.05) is 25.0 Å². The molecule has 0 fully saturated rings. The van der Waals surface area contributed by atoms with Gasteiger partial charge < -0.3 is 25.8 Å². The molecule has 1 aliphatic rings. The first-order valence-corrected chi connectivity index (χ1v) is 12.2. The second-order valence-corrected chi connectivity index (χ2v) is 8.52. The Kier molecular flexibility index (Phi) is 9.88. The molecule has 0 aromatic carbocycles. The van der Waals surface area contributed by atoms with Crippen LogP contribution in [0.3, 0.4) is 0 Å². The molecule has 2 aromatic heterocycles. The lowest BCUT2D eigenvalue weighted by Crippen LogP contribution is -2.48. The number of aliphatic carboxylic acids is 1. The number of hydrogen-bond acceptors (Lipinski definition) is 7. The number of unbranched alkanes of at least 4 members (excludes halogenated alkanes) is 3. The third-order valence-corrected chi connectivity index (χ3v) is 5.73. The predicted octanol–water partition coefficient (Wildman–Crippen LogP) is 2.37. The Morgan fingerprint density at radius 3 is 2.91 bits per heavy atom. The average Bonchev–Trinajstić information content (AvgIpc) is 3.34. The molecule has 1 atom stereocenters. The Bertz CT molecular complexity index is 1010. The molecule has 4 N–H and O–H groups in total. The number of nitrogens with zero attached hydrogens (tertiary/aromatic N) is 3. The largest absolute Gasteiger partial charge is 0.480 e. The fourth-order valence-electron chi connectivity index (χ4n) is 3.71. The molecule has 190 valence electrons. The van der Waals surface area contributed by atoms with E-state index >= 15 is 0 Å². The molecule has 1 aliphatic heterocycles. The minimum atomic E-state index is -1.30. The van der Waals surface area contributed by atoms with Crippen LogP contribution >= 0.6 is 0 Å². The van der Waals surface area contributed by atoms with Gasteiger partial charge in [-0.2, -0.15) is 5.10 Å². The Balaban J connectivity index is 1.43. The van der Waals surface area contributed by atoms with E-state index < -0.39 is 24.0 Å². The summed E-state index contributed by atoms with van der Waals surface area (Å²) in [4.78, 5) is 40.4. The van der Waals surface area contributed by atoms with Gasteiger partial charge in [-0.05, 0) is 30.9 Å². The maximum absolute atomic E-state index is 12.5. The second-order valence-electron chi connectivity index (χ2n) is 8.52. The van der Waals surface area contributed by atoms with Crippen LogP contribution in [0.4, 0.5) is 10.6 Å². The van der Waals surface area contributed by atoms with Gasteiger partial charge in [0.2, 0.25) is 0 Å². The van der Waals surface area contributed by atoms with E-state index in [9.17, 15) is 19.5 Å². The molecule has 0 radical (unpaired) electrons. The van der Waals surface area contributed by atoms with Crippen LogP contribution in [0.5, 0.6) is 0 Å². The van der Waals surface area contributed by atoms with Crippen molar-refractivity contribution in [1.82, 2.24) is 25.4 Å². The molecule has 0 spiro atoms. The number of carbonyl (C=O) groups excluding carboxylic acids is 2. The van der Waals surface area contributed by atoms with Gasteiger partial charge in [0.15, 0.2) is 0 Å². The second kappa shape index (κ2) is 13.3. The molecular formula is C24H34N6O5. The molecule has 0 unspecified atom stereocenters. The number of nitrogens with one attached hydrogen (secondary N) is 3. The van der Waals surface area contributed by atoms with Gasteiger partial charge >= 0.3 is 12.1 Å². The number of carboxylic acid groups (broad SMARTS) is 1. The van der Waals surface area contributed by atoms with Gasteiger partial charge in [0, 0.05) is 37.9 Å². The highest BCUT2D eigenvalue weighted by molar-refractivity contribution is 5.94. The number of ether oxygens (including phenoxy) is 1. The van der Waals surface area contributed by atoms with Crippen LogP contribution in [-0.2, 0) is 28.9 Å². The maximum Gasteiger partial charge on any atom is 0.407 e. The van der Waals surface area contributed by atoms with Crippen molar-refractivity contribution in [3.8, 4) is 0 Å². The summed E-state index contributed by atoms with van der Waals surface area (Å²) in [5.74, 6) is -0.805. The standard InChI is InChI=1S/C24H34N6O5/c1-2-3-4-5-13-35-24(34)29-20(23(32)33)15-26-22(31)18-14-27-30(16-18)12-10-19-9-8-17-7-6-11-25-21(17)28-19/h8-9,14,16,20H,2-7,10-13,15H2,1H3,(H,25,28)(H,26,31)(H,29,34)(H,32,33)/t20-/m0/s1. The molecule has 0 bridgehead atoms. The zero-order valence-corrected chi connectivity index (χ0v) is 20.1. The lowest BCUT2D eigenvalue weighted by Gasteiger charge is -2.17. The van der Waals surface area contributed by atoms with E-state index in [2.05, 4.69) is 39.0 Å². The van der Waals surface area contributed by atoms with Crippen LogP contribution in [0.25, 0.3) is 0 Å². The quantitative estimate of drug-likeness (QED) is 0.316. The van der Waals surface area contributed by atoms with Crippen molar-refractivity contribution in [2.24, 2.45) is 0 Å². The van der Waals surface area contributed by atoms with Crippen LogP contribution in [0.2, 0.25) is 0 Å². The molecule has 0 aliphatic carbocycles. The van der Waals surface area contributed by atoms with Crippen LogP contribution in [0.15, 0.2) is 24.5 Å². The van der Waals surface area contributed by atoms with E-state index in [0.29, 0.717) is 18.5 Å². The molecule has 2 amide bonds. The zero-order chi connectivity index (χ0) is 25.0. The Hall–Kier alpha value is -3.63. The van der Waals surface area contributed by atoms with Crippen LogP contribution in [0.1, 0.15) is 60.6 Å². The van der Waals surface area contributed by atoms with Gasteiger partial charge in [-0.1, -0.05) is 32.3 Å². The van der Waals surface area contributed by atoms with Gasteiger partial charge in [0.25, 0.3) is 5.91 Å². The monoisotopic (exact) mass is 486 g/mol. The zero-order valence-electron chi connectivity index (χ0n) is 20.1. The number of aromatic nitrogens is 3. The van der Waals surface area contributed by atoms with E-state index in [-0.39, 0.29) is 13.2 Å². The summed E-state index contributed by atoms with van der Waals surface area (Å²) >= 11 is 0. The maximum atomic E-state index is 12.5. The van der Waals surface area contributed by atoms with Gasteiger partial charge in [0.05, 0.1) is 18.4 Å². The fraction of sp³-hybridized carbons (Fsp3) is 0.542. The predicted molar refractivity (Wildman–Crippen MR) is 129 cm³/mol. The first-order chi connectivity index (χ1) is 17.0. The van der Waals surface area contributed by atoms with E-state index in [1.807, 2.05) is 6.07 Å². The number of fused-ring (bicyclic) bond motifs is 1. The molecule has 0 saturated carbocycles. The average molecular weight is 487 g/mol. The van der Waals surface area contributed by atoms with Gasteiger partial charge in [-0.15, -0.1) is 0 Å². The van der Waals surface area contributed by atoms with E-state index in [1.165, 1.54) is 11.8 Å². The van der Waals surface area contributed by atoms with Gasteiger partial charge in [-0.3, -0.25) is 9.48 Å². The normalized spacial score (nSPS) is 13.3. The van der Waals surface area contributed by atoms with Gasteiger partial charge in [-0.25, -0.2) is 14.6 Å². The Morgan fingerprint density at radius 1 is 1.26 bits per heavy atom. The third kappa shape index (κ3) is 8.27. The highest BCUT2D eigenvalue weighted by Crippen LogP contribution is 2.19. The fourth-order valence-corrected chi connectivity index (χ4v) is 3.71. The molecular weight excluding hydrogens is 452 g/mol. The van der Waals surface area contributed by atoms with Crippen molar-refractivity contribution in [2.45, 2.75) is 64.5 Å². The SMILES string of the molecule is CCCCCCOC(=O)N[C@@H](CNC(=O)c1cnn(CCc2ccc3c(n2)NCCC3)c1)C(=O)O. The first-order valence-electron chi connectivity index (χ1n) is 12.2. The molecule has 3 rings (SSSR count). The summed E-state index contributed by atoms with van der Waals surface area (Å²) in [5, 5.41) is 21.7. The molecule has 11 nitrogen and oxygen atoms in total. The van der Waals surface area contributed by atoms with Crippen molar-refractivity contribution in [3.63, 3.8) is 0 Å². The van der Waals surface area contributed by atoms with Crippen molar-refractivity contribution in [3.05, 3.63) is 41.3 Å². The Morgan fingerprint density at radius 2 is 2.11 bits per heavy atom. The number of carboxylic acids is 1. The summed E-state index contributed by atoms with van der Waals surface area (Å²) in [6.45, 7) is 3.50. The number of alkyl carbamates (subject to hydrolysis) is 1. The number of amides is 2.